The molecule has 0 aliphatic heterocycles. The molecule has 0 aromatic heterocycles. The van der Waals surface area contributed by atoms with E-state index in [2.05, 4.69) is 5.32 Å². The highest BCUT2D eigenvalue weighted by Crippen LogP contribution is 2.30. The van der Waals surface area contributed by atoms with Gasteiger partial charge in [-0.1, -0.05) is 35.9 Å². The molecule has 0 heterocycles. The Kier molecular flexibility index (Phi) is 3.63. The van der Waals surface area contributed by atoms with Crippen molar-refractivity contribution >= 4 is 17.3 Å². The minimum Gasteiger partial charge on any atom is -0.504 e. The van der Waals surface area contributed by atoms with Gasteiger partial charge in [0.15, 0.2) is 11.5 Å². The average Bonchev–Trinajstić information content (AvgIpc) is 2.36. The van der Waals surface area contributed by atoms with E-state index in [4.69, 9.17) is 11.6 Å². The number of rotatable bonds is 3. The van der Waals surface area contributed by atoms with Gasteiger partial charge in [-0.25, -0.2) is 0 Å². The molecular weight excluding hydrogens is 250 g/mol. The predicted molar refractivity (Wildman–Crippen MR) is 73.3 cm³/mol. The molecule has 94 valence electrons. The molecule has 0 saturated carbocycles. The minimum atomic E-state index is -0.121. The fraction of sp³-hybridized carbons (Fsp3) is 0.143. The van der Waals surface area contributed by atoms with Gasteiger partial charge in [0.05, 0.1) is 10.7 Å². The highest BCUT2D eigenvalue weighted by Gasteiger charge is 2.07. The molecule has 0 fully saturated rings. The Labute approximate surface area is 111 Å². The lowest BCUT2D eigenvalue weighted by Crippen LogP contribution is -2.00. The number of phenolic OH excluding ortho intramolecular Hbond substituents is 2. The Morgan fingerprint density at radius 3 is 2.61 bits per heavy atom. The van der Waals surface area contributed by atoms with Crippen molar-refractivity contribution in [3.8, 4) is 11.5 Å². The van der Waals surface area contributed by atoms with Gasteiger partial charge in [0.1, 0.15) is 0 Å². The third-order valence-corrected chi connectivity index (χ3v) is 3.26. The first-order chi connectivity index (χ1) is 8.59. The van der Waals surface area contributed by atoms with E-state index in [9.17, 15) is 10.2 Å². The zero-order valence-corrected chi connectivity index (χ0v) is 10.7. The third-order valence-electron chi connectivity index (χ3n) is 2.76. The van der Waals surface area contributed by atoms with E-state index in [1.165, 1.54) is 6.07 Å². The summed E-state index contributed by atoms with van der Waals surface area (Å²) >= 11 is 6.16. The van der Waals surface area contributed by atoms with Crippen LogP contribution in [0.4, 0.5) is 5.69 Å². The summed E-state index contributed by atoms with van der Waals surface area (Å²) in [6.07, 6.45) is 0. The van der Waals surface area contributed by atoms with Crippen molar-refractivity contribution in [3.05, 3.63) is 52.5 Å². The number of phenols is 2. The van der Waals surface area contributed by atoms with Crippen LogP contribution in [-0.2, 0) is 6.54 Å². The molecule has 0 atom stereocenters. The van der Waals surface area contributed by atoms with E-state index in [1.807, 2.05) is 25.1 Å². The van der Waals surface area contributed by atoms with Crippen LogP contribution >= 0.6 is 11.6 Å². The Morgan fingerprint density at radius 1 is 1.11 bits per heavy atom. The second kappa shape index (κ2) is 5.19. The van der Waals surface area contributed by atoms with Gasteiger partial charge < -0.3 is 15.5 Å². The molecule has 2 rings (SSSR count). The number of aryl methyl sites for hydroxylation is 1. The molecule has 0 bridgehead atoms. The summed E-state index contributed by atoms with van der Waals surface area (Å²) in [6, 6.07) is 10.6. The van der Waals surface area contributed by atoms with Crippen LogP contribution < -0.4 is 5.32 Å². The number of nitrogens with one attached hydrogen (secondary N) is 1. The summed E-state index contributed by atoms with van der Waals surface area (Å²) in [7, 11) is 0. The fourth-order valence-corrected chi connectivity index (χ4v) is 1.89. The summed E-state index contributed by atoms with van der Waals surface area (Å²) in [5, 5.41) is 22.9. The molecule has 0 saturated heterocycles. The third kappa shape index (κ3) is 2.51. The lowest BCUT2D eigenvalue weighted by molar-refractivity contribution is 0.400. The number of para-hydroxylation sites is 1. The molecule has 2 aromatic rings. The van der Waals surface area contributed by atoms with Crippen molar-refractivity contribution < 1.29 is 10.2 Å². The van der Waals surface area contributed by atoms with Crippen LogP contribution in [0.25, 0.3) is 0 Å². The van der Waals surface area contributed by atoms with E-state index in [0.717, 1.165) is 11.3 Å². The van der Waals surface area contributed by atoms with Gasteiger partial charge >= 0.3 is 0 Å². The molecular formula is C14H14ClNO2. The second-order valence-corrected chi connectivity index (χ2v) is 4.45. The van der Waals surface area contributed by atoms with Gasteiger partial charge in [0.25, 0.3) is 0 Å². The van der Waals surface area contributed by atoms with Crippen LogP contribution in [0.5, 0.6) is 11.5 Å². The number of aromatic hydroxyl groups is 2. The molecule has 0 amide bonds. The normalized spacial score (nSPS) is 10.3. The lowest BCUT2D eigenvalue weighted by Gasteiger charge is -2.11. The van der Waals surface area contributed by atoms with Crippen LogP contribution in [0.3, 0.4) is 0 Å². The topological polar surface area (TPSA) is 52.5 Å². The average molecular weight is 264 g/mol. The largest absolute Gasteiger partial charge is 0.504 e. The smallest absolute Gasteiger partial charge is 0.162 e. The van der Waals surface area contributed by atoms with Gasteiger partial charge in [0.2, 0.25) is 0 Å². The first-order valence-corrected chi connectivity index (χ1v) is 5.96. The van der Waals surface area contributed by atoms with E-state index >= 15 is 0 Å². The Morgan fingerprint density at radius 2 is 1.83 bits per heavy atom. The molecule has 0 spiro atoms. The van der Waals surface area contributed by atoms with Crippen LogP contribution in [0.15, 0.2) is 36.4 Å². The van der Waals surface area contributed by atoms with Crippen LogP contribution in [0, 0.1) is 6.92 Å². The lowest BCUT2D eigenvalue weighted by atomic mass is 10.1. The van der Waals surface area contributed by atoms with Gasteiger partial charge in [0, 0.05) is 12.1 Å². The van der Waals surface area contributed by atoms with Gasteiger partial charge in [-0.3, -0.25) is 0 Å². The predicted octanol–water partition coefficient (Wildman–Crippen LogP) is 3.67. The van der Waals surface area contributed by atoms with Crippen molar-refractivity contribution in [2.45, 2.75) is 13.5 Å². The number of hydrogen-bond acceptors (Lipinski definition) is 3. The van der Waals surface area contributed by atoms with Crippen LogP contribution in [0.1, 0.15) is 11.1 Å². The Hall–Kier alpha value is -1.87. The SMILES string of the molecule is Cc1cccc(NCc2cccc(O)c2O)c1Cl. The van der Waals surface area contributed by atoms with Crippen LogP contribution in [0.2, 0.25) is 5.02 Å². The highest BCUT2D eigenvalue weighted by molar-refractivity contribution is 6.33. The summed E-state index contributed by atoms with van der Waals surface area (Å²) in [5.74, 6) is -0.224. The molecule has 0 aliphatic carbocycles. The maximum atomic E-state index is 9.68. The summed E-state index contributed by atoms with van der Waals surface area (Å²) in [4.78, 5) is 0. The highest BCUT2D eigenvalue weighted by atomic mass is 35.5. The van der Waals surface area contributed by atoms with E-state index in [-0.39, 0.29) is 11.5 Å². The van der Waals surface area contributed by atoms with Crippen molar-refractivity contribution in [2.24, 2.45) is 0 Å². The minimum absolute atomic E-state index is 0.103. The van der Waals surface area contributed by atoms with Crippen molar-refractivity contribution in [2.75, 3.05) is 5.32 Å². The molecule has 0 unspecified atom stereocenters. The van der Waals surface area contributed by atoms with Gasteiger partial charge in [-0.15, -0.1) is 0 Å². The van der Waals surface area contributed by atoms with Crippen molar-refractivity contribution in [1.82, 2.24) is 0 Å². The summed E-state index contributed by atoms with van der Waals surface area (Å²) in [5.41, 5.74) is 2.41. The van der Waals surface area contributed by atoms with E-state index < -0.39 is 0 Å². The second-order valence-electron chi connectivity index (χ2n) is 4.07. The molecule has 4 heteroatoms. The summed E-state index contributed by atoms with van der Waals surface area (Å²) < 4.78 is 0. The van der Waals surface area contributed by atoms with Gasteiger partial charge in [-0.05, 0) is 24.6 Å². The maximum absolute atomic E-state index is 9.68. The molecule has 3 nitrogen and oxygen atoms in total. The Balaban J connectivity index is 2.17. The maximum Gasteiger partial charge on any atom is 0.162 e. The fourth-order valence-electron chi connectivity index (χ4n) is 1.69. The monoisotopic (exact) mass is 263 g/mol. The van der Waals surface area contributed by atoms with E-state index in [1.54, 1.807) is 12.1 Å². The van der Waals surface area contributed by atoms with Gasteiger partial charge in [-0.2, -0.15) is 0 Å². The zero-order valence-electron chi connectivity index (χ0n) is 9.94. The molecule has 18 heavy (non-hydrogen) atoms. The molecule has 3 N–H and O–H groups in total. The number of benzene rings is 2. The Bertz CT molecular complexity index is 518. The van der Waals surface area contributed by atoms with Crippen molar-refractivity contribution in [1.29, 1.82) is 0 Å². The molecule has 0 radical (unpaired) electrons. The number of hydrogen-bond donors (Lipinski definition) is 3. The zero-order chi connectivity index (χ0) is 13.1. The molecule has 0 aliphatic rings. The first kappa shape index (κ1) is 12.6. The first-order valence-electron chi connectivity index (χ1n) is 5.58. The molecule has 2 aromatic carbocycles. The summed E-state index contributed by atoms with van der Waals surface area (Å²) in [6.45, 7) is 2.32. The number of halogens is 1. The van der Waals surface area contributed by atoms with E-state index in [0.29, 0.717) is 17.1 Å². The van der Waals surface area contributed by atoms with Crippen molar-refractivity contribution in [3.63, 3.8) is 0 Å². The number of anilines is 1. The standard InChI is InChI=1S/C14H14ClNO2/c1-9-4-2-6-11(13(9)15)16-8-10-5-3-7-12(17)14(10)18/h2-7,16-18H,8H2,1H3. The quantitative estimate of drug-likeness (QED) is 0.741. The van der Waals surface area contributed by atoms with Crippen LogP contribution in [-0.4, -0.2) is 10.2 Å².